The first-order valence-electron chi connectivity index (χ1n) is 10.2. The fraction of sp³-hybridized carbons (Fsp3) is 0.667. The predicted octanol–water partition coefficient (Wildman–Crippen LogP) is 3.64. The van der Waals surface area contributed by atoms with Gasteiger partial charge in [-0.2, -0.15) is 0 Å². The van der Waals surface area contributed by atoms with Crippen LogP contribution in [-0.2, 0) is 4.74 Å². The van der Waals surface area contributed by atoms with Crippen molar-refractivity contribution in [3.63, 3.8) is 0 Å². The number of ether oxygens (including phenoxy) is 2. The van der Waals surface area contributed by atoms with Gasteiger partial charge in [0, 0.05) is 19.7 Å². The number of aliphatic hydroxyl groups is 1. The van der Waals surface area contributed by atoms with Gasteiger partial charge in [0.15, 0.2) is 5.96 Å². The van der Waals surface area contributed by atoms with E-state index in [-0.39, 0.29) is 24.0 Å². The Kier molecular flexibility index (Phi) is 13.3. The highest BCUT2D eigenvalue weighted by Crippen LogP contribution is 2.20. The standard InChI is InChI=1S/C21H35N3O3.HI/c1-3-22-21(23-13-8-14-27-18-10-5-4-6-11-18)24-16-20(25)17-9-7-12-19(15-17)26-2;/h7,9,12,15,18,20,25H,3-6,8,10-11,13-14,16H2,1-2H3,(H2,22,23,24);1H. The van der Waals surface area contributed by atoms with Crippen LogP contribution in [-0.4, -0.2) is 50.5 Å². The van der Waals surface area contributed by atoms with Crippen molar-refractivity contribution in [1.82, 2.24) is 10.6 Å². The van der Waals surface area contributed by atoms with Crippen LogP contribution in [0.1, 0.15) is 57.1 Å². The molecule has 1 unspecified atom stereocenters. The monoisotopic (exact) mass is 505 g/mol. The molecule has 160 valence electrons. The highest BCUT2D eigenvalue weighted by atomic mass is 127. The van der Waals surface area contributed by atoms with Crippen LogP contribution in [0.4, 0.5) is 0 Å². The van der Waals surface area contributed by atoms with Crippen LogP contribution < -0.4 is 15.4 Å². The molecule has 0 saturated heterocycles. The number of guanidine groups is 1. The number of rotatable bonds is 10. The third kappa shape index (κ3) is 9.43. The number of methoxy groups -OCH3 is 1. The van der Waals surface area contributed by atoms with Crippen molar-refractivity contribution in [2.75, 3.05) is 33.4 Å². The van der Waals surface area contributed by atoms with Gasteiger partial charge in [0.05, 0.1) is 25.9 Å². The smallest absolute Gasteiger partial charge is 0.191 e. The van der Waals surface area contributed by atoms with E-state index in [4.69, 9.17) is 9.47 Å². The number of benzene rings is 1. The van der Waals surface area contributed by atoms with Gasteiger partial charge in [0.25, 0.3) is 0 Å². The molecule has 1 fully saturated rings. The summed E-state index contributed by atoms with van der Waals surface area (Å²) in [7, 11) is 1.62. The number of aliphatic hydroxyl groups excluding tert-OH is 1. The topological polar surface area (TPSA) is 75.1 Å². The van der Waals surface area contributed by atoms with Crippen molar-refractivity contribution in [3.8, 4) is 5.75 Å². The van der Waals surface area contributed by atoms with Crippen molar-refractivity contribution >= 4 is 29.9 Å². The van der Waals surface area contributed by atoms with E-state index in [1.807, 2.05) is 31.2 Å². The van der Waals surface area contributed by atoms with Crippen molar-refractivity contribution in [2.24, 2.45) is 4.99 Å². The molecule has 7 heteroatoms. The molecule has 0 bridgehead atoms. The average Bonchev–Trinajstić information content (AvgIpc) is 2.72. The zero-order valence-corrected chi connectivity index (χ0v) is 19.5. The van der Waals surface area contributed by atoms with E-state index in [9.17, 15) is 5.11 Å². The van der Waals surface area contributed by atoms with Crippen molar-refractivity contribution < 1.29 is 14.6 Å². The average molecular weight is 505 g/mol. The van der Waals surface area contributed by atoms with Crippen LogP contribution in [0.2, 0.25) is 0 Å². The van der Waals surface area contributed by atoms with Gasteiger partial charge in [-0.15, -0.1) is 24.0 Å². The summed E-state index contributed by atoms with van der Waals surface area (Å²) in [5.74, 6) is 1.45. The van der Waals surface area contributed by atoms with Crippen LogP contribution in [0.15, 0.2) is 29.3 Å². The van der Waals surface area contributed by atoms with Crippen LogP contribution in [0.25, 0.3) is 0 Å². The van der Waals surface area contributed by atoms with E-state index in [0.717, 1.165) is 43.4 Å². The first-order valence-corrected chi connectivity index (χ1v) is 10.2. The third-order valence-corrected chi connectivity index (χ3v) is 4.76. The Morgan fingerprint density at radius 1 is 1.25 bits per heavy atom. The van der Waals surface area contributed by atoms with E-state index in [2.05, 4.69) is 15.6 Å². The molecule has 1 aromatic rings. The highest BCUT2D eigenvalue weighted by Gasteiger charge is 2.13. The van der Waals surface area contributed by atoms with Crippen molar-refractivity contribution in [1.29, 1.82) is 0 Å². The molecule has 6 nitrogen and oxygen atoms in total. The minimum absolute atomic E-state index is 0. The summed E-state index contributed by atoms with van der Waals surface area (Å²) in [5.41, 5.74) is 0.801. The normalized spacial score (nSPS) is 16.2. The Balaban J connectivity index is 0.00000392. The molecule has 3 N–H and O–H groups in total. The molecule has 0 amide bonds. The summed E-state index contributed by atoms with van der Waals surface area (Å²) in [4.78, 5) is 4.50. The second-order valence-corrected chi connectivity index (χ2v) is 6.92. The summed E-state index contributed by atoms with van der Waals surface area (Å²) in [5, 5.41) is 16.9. The molecule has 0 spiro atoms. The van der Waals surface area contributed by atoms with Gasteiger partial charge in [-0.3, -0.25) is 4.99 Å². The molecule has 1 saturated carbocycles. The first kappa shape index (κ1) is 25.0. The number of hydrogen-bond acceptors (Lipinski definition) is 4. The number of halogens is 1. The van der Waals surface area contributed by atoms with Gasteiger partial charge < -0.3 is 25.2 Å². The molecule has 1 atom stereocenters. The van der Waals surface area contributed by atoms with E-state index >= 15 is 0 Å². The SMILES string of the molecule is CCNC(=NCC(O)c1cccc(OC)c1)NCCCOC1CCCCC1.I. The Labute approximate surface area is 186 Å². The van der Waals surface area contributed by atoms with Crippen LogP contribution >= 0.6 is 24.0 Å². The fourth-order valence-electron chi connectivity index (χ4n) is 3.23. The Hall–Kier alpha value is -1.06. The summed E-state index contributed by atoms with van der Waals surface area (Å²) in [6.45, 7) is 4.68. The van der Waals surface area contributed by atoms with Crippen LogP contribution in [0.5, 0.6) is 5.75 Å². The summed E-state index contributed by atoms with van der Waals surface area (Å²) < 4.78 is 11.2. The Morgan fingerprint density at radius 3 is 2.75 bits per heavy atom. The van der Waals surface area contributed by atoms with Gasteiger partial charge >= 0.3 is 0 Å². The maximum Gasteiger partial charge on any atom is 0.191 e. The van der Waals surface area contributed by atoms with Crippen LogP contribution in [0, 0.1) is 0 Å². The summed E-state index contributed by atoms with van der Waals surface area (Å²) in [6, 6.07) is 7.45. The lowest BCUT2D eigenvalue weighted by Gasteiger charge is -2.22. The number of hydrogen-bond donors (Lipinski definition) is 3. The minimum atomic E-state index is -0.662. The predicted molar refractivity (Wildman–Crippen MR) is 125 cm³/mol. The lowest BCUT2D eigenvalue weighted by Crippen LogP contribution is -2.38. The molecule has 2 rings (SSSR count). The second kappa shape index (κ2) is 14.9. The first-order chi connectivity index (χ1) is 13.2. The van der Waals surface area contributed by atoms with Crippen LogP contribution in [0.3, 0.4) is 0 Å². The molecular formula is C21H36IN3O3. The Bertz CT molecular complexity index is 566. The highest BCUT2D eigenvalue weighted by molar-refractivity contribution is 14.0. The number of nitrogens with one attached hydrogen (secondary N) is 2. The Morgan fingerprint density at radius 2 is 2.04 bits per heavy atom. The van der Waals surface area contributed by atoms with Gasteiger partial charge in [0.1, 0.15) is 5.75 Å². The number of nitrogens with zero attached hydrogens (tertiary/aromatic N) is 1. The molecule has 1 aliphatic rings. The largest absolute Gasteiger partial charge is 0.497 e. The van der Waals surface area contributed by atoms with E-state index in [1.54, 1.807) is 7.11 Å². The number of aliphatic imine (C=N–C) groups is 1. The summed E-state index contributed by atoms with van der Waals surface area (Å²) in [6.07, 6.45) is 7.11. The lowest BCUT2D eigenvalue weighted by atomic mass is 9.98. The van der Waals surface area contributed by atoms with E-state index < -0.39 is 6.10 Å². The van der Waals surface area contributed by atoms with E-state index in [1.165, 1.54) is 32.1 Å². The van der Waals surface area contributed by atoms with Gasteiger partial charge in [-0.1, -0.05) is 31.4 Å². The molecule has 0 aromatic heterocycles. The summed E-state index contributed by atoms with van der Waals surface area (Å²) >= 11 is 0. The molecule has 0 aliphatic heterocycles. The van der Waals surface area contributed by atoms with E-state index in [0.29, 0.717) is 12.6 Å². The molecule has 0 heterocycles. The fourth-order valence-corrected chi connectivity index (χ4v) is 3.23. The molecule has 1 aromatic carbocycles. The molecule has 28 heavy (non-hydrogen) atoms. The second-order valence-electron chi connectivity index (χ2n) is 6.92. The van der Waals surface area contributed by atoms with Crippen molar-refractivity contribution in [3.05, 3.63) is 29.8 Å². The third-order valence-electron chi connectivity index (χ3n) is 4.76. The van der Waals surface area contributed by atoms with Gasteiger partial charge in [-0.25, -0.2) is 0 Å². The van der Waals surface area contributed by atoms with Crippen molar-refractivity contribution in [2.45, 2.75) is 57.7 Å². The van der Waals surface area contributed by atoms with Gasteiger partial charge in [-0.05, 0) is 43.9 Å². The maximum atomic E-state index is 10.4. The molecule has 1 aliphatic carbocycles. The minimum Gasteiger partial charge on any atom is -0.497 e. The quantitative estimate of drug-likeness (QED) is 0.196. The van der Waals surface area contributed by atoms with Gasteiger partial charge in [0.2, 0.25) is 0 Å². The zero-order chi connectivity index (χ0) is 19.3. The molecular weight excluding hydrogens is 469 g/mol. The lowest BCUT2D eigenvalue weighted by molar-refractivity contribution is 0.0277. The molecule has 0 radical (unpaired) electrons. The zero-order valence-electron chi connectivity index (χ0n) is 17.2. The maximum absolute atomic E-state index is 10.4.